The van der Waals surface area contributed by atoms with Gasteiger partial charge in [0.15, 0.2) is 0 Å². The van der Waals surface area contributed by atoms with Gasteiger partial charge in [-0.05, 0) is 61.2 Å². The highest BCUT2D eigenvalue weighted by molar-refractivity contribution is 7.73. The molecule has 23 heavy (non-hydrogen) atoms. The van der Waals surface area contributed by atoms with E-state index < -0.39 is 0 Å². The van der Waals surface area contributed by atoms with Crippen LogP contribution in [0, 0.1) is 17.8 Å². The van der Waals surface area contributed by atoms with Crippen LogP contribution in [0.1, 0.15) is 40.0 Å². The van der Waals surface area contributed by atoms with Gasteiger partial charge in [-0.3, -0.25) is 0 Å². The molecule has 122 valence electrons. The Morgan fingerprint density at radius 1 is 0.826 bits per heavy atom. The molecule has 0 amide bonds. The Labute approximate surface area is 143 Å². The van der Waals surface area contributed by atoms with Crippen molar-refractivity contribution < 1.29 is 0 Å². The molecule has 0 bridgehead atoms. The van der Waals surface area contributed by atoms with Gasteiger partial charge in [0.1, 0.15) is 0 Å². The largest absolute Gasteiger partial charge is 0.0625 e. The monoisotopic (exact) mass is 324 g/mol. The van der Waals surface area contributed by atoms with Crippen molar-refractivity contribution in [3.05, 3.63) is 60.7 Å². The van der Waals surface area contributed by atoms with Gasteiger partial charge in [-0.2, -0.15) is 0 Å². The van der Waals surface area contributed by atoms with E-state index in [9.17, 15) is 0 Å². The van der Waals surface area contributed by atoms with E-state index in [1.54, 1.807) is 10.6 Å². The quantitative estimate of drug-likeness (QED) is 0.644. The molecule has 1 unspecified atom stereocenters. The highest BCUT2D eigenvalue weighted by Gasteiger charge is 2.35. The Kier molecular flexibility index (Phi) is 5.54. The maximum absolute atomic E-state index is 2.49. The van der Waals surface area contributed by atoms with Gasteiger partial charge in [-0.1, -0.05) is 81.4 Å². The molecule has 0 spiro atoms. The predicted octanol–water partition coefficient (Wildman–Crippen LogP) is 5.58. The lowest BCUT2D eigenvalue weighted by molar-refractivity contribution is 0.240. The number of benzene rings is 2. The van der Waals surface area contributed by atoms with Crippen molar-refractivity contribution in [2.75, 3.05) is 0 Å². The minimum Gasteiger partial charge on any atom is -0.0625 e. The highest BCUT2D eigenvalue weighted by atomic mass is 31.1. The Hall–Kier alpha value is -1.13. The SMILES string of the molecule is CC(C)[C@@H]1CC[C@@H](C)C(P(c2ccccc2)c2ccccc2)C1. The van der Waals surface area contributed by atoms with Crippen molar-refractivity contribution in [1.82, 2.24) is 0 Å². The minimum atomic E-state index is -0.260. The van der Waals surface area contributed by atoms with Crippen LogP contribution in [0.15, 0.2) is 60.7 Å². The Morgan fingerprint density at radius 3 is 1.83 bits per heavy atom. The molecule has 3 atom stereocenters. The first-order valence-electron chi connectivity index (χ1n) is 9.06. The number of rotatable bonds is 4. The van der Waals surface area contributed by atoms with Crippen molar-refractivity contribution in [2.45, 2.75) is 45.7 Å². The zero-order valence-corrected chi connectivity index (χ0v) is 15.5. The van der Waals surface area contributed by atoms with Gasteiger partial charge in [0.2, 0.25) is 0 Å². The number of hydrogen-bond donors (Lipinski definition) is 0. The lowest BCUT2D eigenvalue weighted by Crippen LogP contribution is -2.34. The van der Waals surface area contributed by atoms with Crippen molar-refractivity contribution in [2.24, 2.45) is 17.8 Å². The van der Waals surface area contributed by atoms with Crippen LogP contribution < -0.4 is 10.6 Å². The van der Waals surface area contributed by atoms with Gasteiger partial charge >= 0.3 is 0 Å². The fraction of sp³-hybridized carbons (Fsp3) is 0.455. The van der Waals surface area contributed by atoms with Gasteiger partial charge in [0, 0.05) is 0 Å². The summed E-state index contributed by atoms with van der Waals surface area (Å²) in [4.78, 5) is 0. The summed E-state index contributed by atoms with van der Waals surface area (Å²) in [5.74, 6) is 2.54. The van der Waals surface area contributed by atoms with Crippen LogP contribution in [-0.4, -0.2) is 5.66 Å². The molecule has 0 heterocycles. The molecule has 0 radical (unpaired) electrons. The van der Waals surface area contributed by atoms with E-state index in [4.69, 9.17) is 0 Å². The molecular formula is C22H29P. The lowest BCUT2D eigenvalue weighted by atomic mass is 9.77. The summed E-state index contributed by atoms with van der Waals surface area (Å²) >= 11 is 0. The highest BCUT2D eigenvalue weighted by Crippen LogP contribution is 2.51. The summed E-state index contributed by atoms with van der Waals surface area (Å²) < 4.78 is 0. The van der Waals surface area contributed by atoms with E-state index in [0.717, 1.165) is 23.4 Å². The second-order valence-electron chi connectivity index (χ2n) is 7.40. The smallest absolute Gasteiger partial charge is 0.0100 e. The van der Waals surface area contributed by atoms with E-state index in [1.165, 1.54) is 19.3 Å². The van der Waals surface area contributed by atoms with Gasteiger partial charge in [0.25, 0.3) is 0 Å². The molecule has 0 aromatic heterocycles. The third kappa shape index (κ3) is 3.86. The topological polar surface area (TPSA) is 0 Å². The first-order chi connectivity index (χ1) is 11.2. The molecule has 1 heteroatoms. The van der Waals surface area contributed by atoms with Crippen molar-refractivity contribution in [3.63, 3.8) is 0 Å². The van der Waals surface area contributed by atoms with Crippen LogP contribution in [0.3, 0.4) is 0 Å². The van der Waals surface area contributed by atoms with Crippen LogP contribution in [0.25, 0.3) is 0 Å². The standard InChI is InChI=1S/C22H29P/c1-17(2)19-15-14-18(3)22(16-19)23(20-10-6-4-7-11-20)21-12-8-5-9-13-21/h4-13,17-19,22H,14-16H2,1-3H3/t18-,19-,22?/m1/s1. The van der Waals surface area contributed by atoms with E-state index in [-0.39, 0.29) is 7.92 Å². The molecule has 0 saturated heterocycles. The summed E-state index contributed by atoms with van der Waals surface area (Å²) in [6, 6.07) is 22.5. The summed E-state index contributed by atoms with van der Waals surface area (Å²) in [5, 5.41) is 3.10. The first-order valence-corrected chi connectivity index (χ1v) is 10.5. The van der Waals surface area contributed by atoms with Gasteiger partial charge in [-0.15, -0.1) is 0 Å². The molecule has 1 saturated carbocycles. The zero-order chi connectivity index (χ0) is 16.2. The summed E-state index contributed by atoms with van der Waals surface area (Å²) in [6.45, 7) is 7.30. The summed E-state index contributed by atoms with van der Waals surface area (Å²) in [5.41, 5.74) is 0.816. The Balaban J connectivity index is 1.97. The average molecular weight is 324 g/mol. The molecule has 1 aliphatic rings. The van der Waals surface area contributed by atoms with Crippen LogP contribution in [0.5, 0.6) is 0 Å². The van der Waals surface area contributed by atoms with Crippen LogP contribution in [-0.2, 0) is 0 Å². The van der Waals surface area contributed by atoms with Crippen LogP contribution in [0.4, 0.5) is 0 Å². The maximum atomic E-state index is 2.49. The Morgan fingerprint density at radius 2 is 1.35 bits per heavy atom. The average Bonchev–Trinajstić information content (AvgIpc) is 2.58. The second-order valence-corrected chi connectivity index (χ2v) is 9.84. The molecule has 0 aliphatic heterocycles. The third-order valence-corrected chi connectivity index (χ3v) is 8.63. The summed E-state index contributed by atoms with van der Waals surface area (Å²) in [6.07, 6.45) is 4.21. The van der Waals surface area contributed by atoms with E-state index in [0.29, 0.717) is 0 Å². The van der Waals surface area contributed by atoms with Gasteiger partial charge in [0.05, 0.1) is 0 Å². The third-order valence-electron chi connectivity index (χ3n) is 5.54. The molecule has 1 aliphatic carbocycles. The summed E-state index contributed by atoms with van der Waals surface area (Å²) in [7, 11) is -0.260. The molecule has 0 N–H and O–H groups in total. The molecule has 2 aromatic carbocycles. The van der Waals surface area contributed by atoms with Gasteiger partial charge in [-0.25, -0.2) is 0 Å². The normalized spacial score (nSPS) is 25.0. The predicted molar refractivity (Wildman–Crippen MR) is 104 cm³/mol. The van der Waals surface area contributed by atoms with E-state index in [1.807, 2.05) is 0 Å². The van der Waals surface area contributed by atoms with E-state index >= 15 is 0 Å². The second kappa shape index (κ2) is 7.63. The lowest BCUT2D eigenvalue weighted by Gasteiger charge is -2.41. The molecular weight excluding hydrogens is 295 g/mol. The molecule has 0 nitrogen and oxygen atoms in total. The molecule has 1 fully saturated rings. The van der Waals surface area contributed by atoms with Crippen LogP contribution in [0.2, 0.25) is 0 Å². The maximum Gasteiger partial charge on any atom is -0.0100 e. The fourth-order valence-electron chi connectivity index (χ4n) is 4.00. The number of hydrogen-bond acceptors (Lipinski definition) is 0. The van der Waals surface area contributed by atoms with Crippen LogP contribution >= 0.6 is 7.92 Å². The zero-order valence-electron chi connectivity index (χ0n) is 14.7. The Bertz CT molecular complexity index is 550. The molecule has 3 rings (SSSR count). The van der Waals surface area contributed by atoms with Crippen molar-refractivity contribution >= 4 is 18.5 Å². The minimum absolute atomic E-state index is 0.260. The van der Waals surface area contributed by atoms with Crippen molar-refractivity contribution in [1.29, 1.82) is 0 Å². The van der Waals surface area contributed by atoms with E-state index in [2.05, 4.69) is 81.4 Å². The fourth-order valence-corrected chi connectivity index (χ4v) is 7.19. The first kappa shape index (κ1) is 16.7. The molecule has 2 aromatic rings. The van der Waals surface area contributed by atoms with Crippen molar-refractivity contribution in [3.8, 4) is 0 Å². The van der Waals surface area contributed by atoms with Gasteiger partial charge < -0.3 is 0 Å².